The van der Waals surface area contributed by atoms with Crippen LogP contribution in [0.2, 0.25) is 0 Å². The number of ether oxygens (including phenoxy) is 1. The SMILES string of the molecule is SCC1(COCc2ccccc2)CCCCC1. The molecule has 94 valence electrons. The van der Waals surface area contributed by atoms with E-state index in [1.54, 1.807) is 0 Å². The fourth-order valence-electron chi connectivity index (χ4n) is 2.61. The van der Waals surface area contributed by atoms with Gasteiger partial charge in [-0.1, -0.05) is 49.6 Å². The summed E-state index contributed by atoms with van der Waals surface area (Å²) in [6.07, 6.45) is 6.63. The summed E-state index contributed by atoms with van der Waals surface area (Å²) in [6.45, 7) is 1.60. The van der Waals surface area contributed by atoms with Gasteiger partial charge in [-0.05, 0) is 24.2 Å². The maximum absolute atomic E-state index is 5.90. The Hall–Kier alpha value is -0.470. The standard InChI is InChI=1S/C15H22OS/c17-13-15(9-5-2-6-10-15)12-16-11-14-7-3-1-4-8-14/h1,3-4,7-8,17H,2,5-6,9-13H2. The predicted octanol–water partition coefficient (Wildman–Crippen LogP) is 4.08. The number of thiol groups is 1. The zero-order valence-electron chi connectivity index (χ0n) is 10.4. The molecule has 2 heteroatoms. The fourth-order valence-corrected chi connectivity index (χ4v) is 3.02. The molecule has 0 spiro atoms. The molecule has 0 amide bonds. The van der Waals surface area contributed by atoms with Gasteiger partial charge in [0.2, 0.25) is 0 Å². The van der Waals surface area contributed by atoms with Gasteiger partial charge in [-0.3, -0.25) is 0 Å². The molecule has 0 bridgehead atoms. The number of hydrogen-bond acceptors (Lipinski definition) is 2. The van der Waals surface area contributed by atoms with Gasteiger partial charge in [0.25, 0.3) is 0 Å². The molecule has 0 heterocycles. The minimum atomic E-state index is 0.343. The Labute approximate surface area is 110 Å². The van der Waals surface area contributed by atoms with Crippen molar-refractivity contribution in [1.29, 1.82) is 0 Å². The topological polar surface area (TPSA) is 9.23 Å². The number of hydrogen-bond donors (Lipinski definition) is 1. The first-order valence-corrected chi connectivity index (χ1v) is 7.20. The van der Waals surface area contributed by atoms with Crippen LogP contribution in [0.1, 0.15) is 37.7 Å². The van der Waals surface area contributed by atoms with Crippen molar-refractivity contribution in [3.63, 3.8) is 0 Å². The van der Waals surface area contributed by atoms with Crippen LogP contribution in [-0.2, 0) is 11.3 Å². The van der Waals surface area contributed by atoms with E-state index in [-0.39, 0.29) is 0 Å². The van der Waals surface area contributed by atoms with Crippen LogP contribution in [-0.4, -0.2) is 12.4 Å². The molecule has 0 radical (unpaired) electrons. The normalized spacial score (nSPS) is 19.1. The van der Waals surface area contributed by atoms with Crippen LogP contribution in [0.15, 0.2) is 30.3 Å². The summed E-state index contributed by atoms with van der Waals surface area (Å²) in [6, 6.07) is 10.4. The molecule has 0 saturated heterocycles. The minimum Gasteiger partial charge on any atom is -0.376 e. The first-order valence-electron chi connectivity index (χ1n) is 6.57. The van der Waals surface area contributed by atoms with Crippen LogP contribution in [0.4, 0.5) is 0 Å². The van der Waals surface area contributed by atoms with E-state index in [2.05, 4.69) is 36.9 Å². The molecule has 0 unspecified atom stereocenters. The van der Waals surface area contributed by atoms with Gasteiger partial charge < -0.3 is 4.74 Å². The Bertz CT molecular complexity index is 317. The highest BCUT2D eigenvalue weighted by Gasteiger charge is 2.30. The number of benzene rings is 1. The Kier molecular flexibility index (Phi) is 4.93. The second-order valence-electron chi connectivity index (χ2n) is 5.20. The summed E-state index contributed by atoms with van der Waals surface area (Å²) >= 11 is 4.53. The molecule has 2 rings (SSSR count). The molecule has 0 N–H and O–H groups in total. The molecule has 1 fully saturated rings. The molecular formula is C15H22OS. The van der Waals surface area contributed by atoms with Crippen molar-refractivity contribution in [2.75, 3.05) is 12.4 Å². The molecule has 0 aliphatic heterocycles. The predicted molar refractivity (Wildman–Crippen MR) is 75.5 cm³/mol. The second kappa shape index (κ2) is 6.46. The third-order valence-electron chi connectivity index (χ3n) is 3.77. The van der Waals surface area contributed by atoms with Gasteiger partial charge in [0, 0.05) is 5.41 Å². The summed E-state index contributed by atoms with van der Waals surface area (Å²) in [5, 5.41) is 0. The molecular weight excluding hydrogens is 228 g/mol. The van der Waals surface area contributed by atoms with Crippen LogP contribution in [0, 0.1) is 5.41 Å². The number of rotatable bonds is 5. The van der Waals surface area contributed by atoms with E-state index in [9.17, 15) is 0 Å². The first-order chi connectivity index (χ1) is 8.35. The highest BCUT2D eigenvalue weighted by atomic mass is 32.1. The smallest absolute Gasteiger partial charge is 0.0717 e. The van der Waals surface area contributed by atoms with Gasteiger partial charge in [0.1, 0.15) is 0 Å². The highest BCUT2D eigenvalue weighted by Crippen LogP contribution is 2.37. The maximum Gasteiger partial charge on any atom is 0.0717 e. The summed E-state index contributed by atoms with van der Waals surface area (Å²) in [5.74, 6) is 0.960. The monoisotopic (exact) mass is 250 g/mol. The van der Waals surface area contributed by atoms with Crippen molar-refractivity contribution in [3.05, 3.63) is 35.9 Å². The van der Waals surface area contributed by atoms with E-state index in [1.165, 1.54) is 37.7 Å². The Morgan fingerprint density at radius 2 is 1.76 bits per heavy atom. The van der Waals surface area contributed by atoms with E-state index in [4.69, 9.17) is 4.74 Å². The average Bonchev–Trinajstić information content (AvgIpc) is 2.41. The van der Waals surface area contributed by atoms with Crippen molar-refractivity contribution in [3.8, 4) is 0 Å². The van der Waals surface area contributed by atoms with Gasteiger partial charge >= 0.3 is 0 Å². The Morgan fingerprint density at radius 3 is 2.41 bits per heavy atom. The van der Waals surface area contributed by atoms with E-state index in [0.29, 0.717) is 5.41 Å². The minimum absolute atomic E-state index is 0.343. The van der Waals surface area contributed by atoms with Gasteiger partial charge in [0.05, 0.1) is 13.2 Å². The van der Waals surface area contributed by atoms with Gasteiger partial charge in [-0.2, -0.15) is 12.6 Å². The average molecular weight is 250 g/mol. The summed E-state index contributed by atoms with van der Waals surface area (Å²) < 4.78 is 5.90. The highest BCUT2D eigenvalue weighted by molar-refractivity contribution is 7.80. The lowest BCUT2D eigenvalue weighted by molar-refractivity contribution is 0.0252. The molecule has 1 aromatic rings. The van der Waals surface area contributed by atoms with E-state index in [1.807, 2.05) is 6.07 Å². The molecule has 1 aliphatic carbocycles. The quantitative estimate of drug-likeness (QED) is 0.775. The van der Waals surface area contributed by atoms with Crippen LogP contribution >= 0.6 is 12.6 Å². The van der Waals surface area contributed by atoms with E-state index < -0.39 is 0 Å². The van der Waals surface area contributed by atoms with Gasteiger partial charge in [-0.15, -0.1) is 0 Å². The van der Waals surface area contributed by atoms with Crippen LogP contribution in [0.3, 0.4) is 0 Å². The van der Waals surface area contributed by atoms with Crippen molar-refractivity contribution in [2.24, 2.45) is 5.41 Å². The largest absolute Gasteiger partial charge is 0.376 e. The summed E-state index contributed by atoms with van der Waals surface area (Å²) in [5.41, 5.74) is 1.61. The van der Waals surface area contributed by atoms with Crippen molar-refractivity contribution >= 4 is 12.6 Å². The zero-order valence-corrected chi connectivity index (χ0v) is 11.3. The lowest BCUT2D eigenvalue weighted by Crippen LogP contribution is -2.31. The van der Waals surface area contributed by atoms with Crippen molar-refractivity contribution < 1.29 is 4.74 Å². The molecule has 17 heavy (non-hydrogen) atoms. The van der Waals surface area contributed by atoms with Crippen molar-refractivity contribution in [1.82, 2.24) is 0 Å². The molecule has 1 nitrogen and oxygen atoms in total. The van der Waals surface area contributed by atoms with E-state index in [0.717, 1.165) is 19.0 Å². The molecule has 1 aliphatic rings. The van der Waals surface area contributed by atoms with Crippen LogP contribution in [0.25, 0.3) is 0 Å². The fraction of sp³-hybridized carbons (Fsp3) is 0.600. The third-order valence-corrected chi connectivity index (χ3v) is 4.44. The third kappa shape index (κ3) is 3.75. The lowest BCUT2D eigenvalue weighted by Gasteiger charge is -2.35. The molecule has 0 atom stereocenters. The summed E-state index contributed by atoms with van der Waals surface area (Å²) in [4.78, 5) is 0. The Morgan fingerprint density at radius 1 is 1.06 bits per heavy atom. The first kappa shape index (κ1) is 13.0. The molecule has 1 aromatic carbocycles. The second-order valence-corrected chi connectivity index (χ2v) is 5.51. The molecule has 1 saturated carbocycles. The van der Waals surface area contributed by atoms with Crippen molar-refractivity contribution in [2.45, 2.75) is 38.7 Å². The van der Waals surface area contributed by atoms with Gasteiger partial charge in [-0.25, -0.2) is 0 Å². The van der Waals surface area contributed by atoms with Gasteiger partial charge in [0.15, 0.2) is 0 Å². The zero-order chi connectivity index (χ0) is 12.0. The lowest BCUT2D eigenvalue weighted by atomic mass is 9.76. The Balaban J connectivity index is 1.80. The van der Waals surface area contributed by atoms with Crippen LogP contribution in [0.5, 0.6) is 0 Å². The molecule has 0 aromatic heterocycles. The van der Waals surface area contributed by atoms with E-state index >= 15 is 0 Å². The van der Waals surface area contributed by atoms with Crippen LogP contribution < -0.4 is 0 Å². The summed E-state index contributed by atoms with van der Waals surface area (Å²) in [7, 11) is 0. The maximum atomic E-state index is 5.90.